The Labute approximate surface area is 212 Å². The number of likely N-dealkylation sites (tertiary alicyclic amines) is 1. The van der Waals surface area contributed by atoms with E-state index >= 15 is 0 Å². The molecule has 0 spiro atoms. The van der Waals surface area contributed by atoms with Gasteiger partial charge in [0.15, 0.2) is 17.4 Å². The summed E-state index contributed by atoms with van der Waals surface area (Å²) in [4.78, 5) is 39.2. The van der Waals surface area contributed by atoms with Crippen LogP contribution in [0.4, 0.5) is 17.6 Å². The second-order valence-electron chi connectivity index (χ2n) is 9.95. The standard InChI is InChI=1S/C25H32F4N2O6/c1-13(2)11-36-20(33)10-18(19(32)12-37-23-21(28)16(26)9-17(27)22(23)29)30-24(34)14-5-7-31(8-6-14)25(35)15-3-4-15/h9,13-15,18-19,32H,3-8,10-12H2,1-2H3,(H,30,34)/t18-,19?/m0/s1. The maximum absolute atomic E-state index is 13.9. The zero-order chi connectivity index (χ0) is 27.3. The number of halogens is 4. The molecule has 1 aromatic rings. The Morgan fingerprint density at radius 3 is 2.14 bits per heavy atom. The van der Waals surface area contributed by atoms with Crippen molar-refractivity contribution in [3.05, 3.63) is 29.3 Å². The summed E-state index contributed by atoms with van der Waals surface area (Å²) in [6.45, 7) is 3.66. The van der Waals surface area contributed by atoms with Gasteiger partial charge in [0, 0.05) is 31.0 Å². The number of carbonyl (C=O) groups excluding carboxylic acids is 3. The van der Waals surface area contributed by atoms with Crippen LogP contribution in [0.2, 0.25) is 0 Å². The zero-order valence-corrected chi connectivity index (χ0v) is 20.8. The first-order valence-electron chi connectivity index (χ1n) is 12.4. The number of aliphatic hydroxyl groups is 1. The Hall–Kier alpha value is -2.89. The van der Waals surface area contributed by atoms with Gasteiger partial charge in [0.1, 0.15) is 12.7 Å². The number of benzene rings is 1. The highest BCUT2D eigenvalue weighted by Crippen LogP contribution is 2.32. The maximum atomic E-state index is 13.9. The van der Waals surface area contributed by atoms with Crippen molar-refractivity contribution < 1.29 is 46.5 Å². The quantitative estimate of drug-likeness (QED) is 0.258. The van der Waals surface area contributed by atoms with E-state index in [9.17, 15) is 37.1 Å². The van der Waals surface area contributed by atoms with Crippen molar-refractivity contribution in [2.75, 3.05) is 26.3 Å². The second kappa shape index (κ2) is 12.6. The van der Waals surface area contributed by atoms with E-state index in [1.807, 2.05) is 13.8 Å². The molecule has 1 saturated heterocycles. The molecule has 1 heterocycles. The largest absolute Gasteiger partial charge is 0.485 e. The minimum atomic E-state index is -1.78. The van der Waals surface area contributed by atoms with E-state index in [0.29, 0.717) is 25.9 Å². The van der Waals surface area contributed by atoms with Crippen LogP contribution in [0.15, 0.2) is 6.07 Å². The van der Waals surface area contributed by atoms with E-state index in [1.54, 1.807) is 4.90 Å². The van der Waals surface area contributed by atoms with Gasteiger partial charge in [0.2, 0.25) is 23.4 Å². The number of aliphatic hydroxyl groups excluding tert-OH is 1. The summed E-state index contributed by atoms with van der Waals surface area (Å²) in [7, 11) is 0. The van der Waals surface area contributed by atoms with Gasteiger partial charge in [-0.3, -0.25) is 14.4 Å². The number of rotatable bonds is 11. The van der Waals surface area contributed by atoms with Crippen molar-refractivity contribution in [2.24, 2.45) is 17.8 Å². The fourth-order valence-electron chi connectivity index (χ4n) is 4.00. The molecular weight excluding hydrogens is 500 g/mol. The molecule has 0 bridgehead atoms. The van der Waals surface area contributed by atoms with Crippen LogP contribution in [0.3, 0.4) is 0 Å². The van der Waals surface area contributed by atoms with E-state index in [0.717, 1.165) is 12.8 Å². The number of esters is 1. The van der Waals surface area contributed by atoms with E-state index in [4.69, 9.17) is 9.47 Å². The lowest BCUT2D eigenvalue weighted by molar-refractivity contribution is -0.147. The van der Waals surface area contributed by atoms with Crippen molar-refractivity contribution in [3.8, 4) is 5.75 Å². The molecule has 12 heteroatoms. The predicted molar refractivity (Wildman–Crippen MR) is 122 cm³/mol. The van der Waals surface area contributed by atoms with Crippen molar-refractivity contribution in [3.63, 3.8) is 0 Å². The average molecular weight is 533 g/mol. The molecule has 2 atom stereocenters. The number of amides is 2. The number of piperidine rings is 1. The Balaban J connectivity index is 1.63. The molecule has 37 heavy (non-hydrogen) atoms. The Kier molecular flexibility index (Phi) is 9.74. The van der Waals surface area contributed by atoms with Crippen LogP contribution in [-0.2, 0) is 19.1 Å². The third-order valence-corrected chi connectivity index (χ3v) is 6.33. The van der Waals surface area contributed by atoms with E-state index in [1.165, 1.54) is 0 Å². The second-order valence-corrected chi connectivity index (χ2v) is 9.95. The monoisotopic (exact) mass is 532 g/mol. The Morgan fingerprint density at radius 2 is 1.59 bits per heavy atom. The normalized spacial score (nSPS) is 17.9. The van der Waals surface area contributed by atoms with Crippen LogP contribution in [-0.4, -0.2) is 66.2 Å². The minimum absolute atomic E-state index is 0.0191. The van der Waals surface area contributed by atoms with Gasteiger partial charge in [-0.2, -0.15) is 8.78 Å². The molecule has 3 rings (SSSR count). The lowest BCUT2D eigenvalue weighted by Gasteiger charge is -2.33. The molecule has 1 aliphatic carbocycles. The fourth-order valence-corrected chi connectivity index (χ4v) is 4.00. The lowest BCUT2D eigenvalue weighted by Crippen LogP contribution is -2.51. The van der Waals surface area contributed by atoms with Gasteiger partial charge < -0.3 is 24.8 Å². The van der Waals surface area contributed by atoms with Crippen LogP contribution >= 0.6 is 0 Å². The fraction of sp³-hybridized carbons (Fsp3) is 0.640. The molecule has 1 aromatic carbocycles. The van der Waals surface area contributed by atoms with Gasteiger partial charge in [-0.1, -0.05) is 13.8 Å². The highest BCUT2D eigenvalue weighted by atomic mass is 19.2. The van der Waals surface area contributed by atoms with Crippen LogP contribution < -0.4 is 10.1 Å². The van der Waals surface area contributed by atoms with Gasteiger partial charge >= 0.3 is 5.97 Å². The van der Waals surface area contributed by atoms with Gasteiger partial charge in [0.25, 0.3) is 0 Å². The van der Waals surface area contributed by atoms with E-state index in [-0.39, 0.29) is 30.4 Å². The molecule has 206 valence electrons. The van der Waals surface area contributed by atoms with Gasteiger partial charge in [-0.25, -0.2) is 8.78 Å². The highest BCUT2D eigenvalue weighted by molar-refractivity contribution is 5.83. The average Bonchev–Trinajstić information content (AvgIpc) is 3.71. The van der Waals surface area contributed by atoms with Gasteiger partial charge in [-0.05, 0) is 31.6 Å². The molecule has 0 radical (unpaired) electrons. The summed E-state index contributed by atoms with van der Waals surface area (Å²) in [5.41, 5.74) is 0. The number of carbonyl (C=O) groups is 3. The number of ether oxygens (including phenoxy) is 2. The third-order valence-electron chi connectivity index (χ3n) is 6.33. The number of nitrogens with zero attached hydrogens (tertiary/aromatic N) is 1. The number of hydrogen-bond acceptors (Lipinski definition) is 6. The number of hydrogen-bond donors (Lipinski definition) is 2. The summed E-state index contributed by atoms with van der Waals surface area (Å²) in [6, 6.07) is -1.26. The summed E-state index contributed by atoms with van der Waals surface area (Å²) in [5, 5.41) is 13.2. The zero-order valence-electron chi connectivity index (χ0n) is 20.8. The summed E-state index contributed by atoms with van der Waals surface area (Å²) in [5.74, 6) is -9.81. The molecule has 2 N–H and O–H groups in total. The third kappa shape index (κ3) is 7.80. The summed E-state index contributed by atoms with van der Waals surface area (Å²) in [6.07, 6.45) is 0.371. The van der Waals surface area contributed by atoms with Gasteiger partial charge in [0.05, 0.1) is 19.1 Å². The van der Waals surface area contributed by atoms with Crippen LogP contribution in [0.25, 0.3) is 0 Å². The van der Waals surface area contributed by atoms with E-state index < -0.39 is 72.0 Å². The molecule has 0 aromatic heterocycles. The maximum Gasteiger partial charge on any atom is 0.307 e. The first-order chi connectivity index (χ1) is 17.5. The van der Waals surface area contributed by atoms with Crippen molar-refractivity contribution in [1.82, 2.24) is 10.2 Å². The first-order valence-corrected chi connectivity index (χ1v) is 12.4. The van der Waals surface area contributed by atoms with Gasteiger partial charge in [-0.15, -0.1) is 0 Å². The summed E-state index contributed by atoms with van der Waals surface area (Å²) >= 11 is 0. The number of nitrogens with one attached hydrogen (secondary N) is 1. The SMILES string of the molecule is CC(C)COC(=O)C[C@H](NC(=O)C1CCN(C(=O)C2CC2)CC1)C(O)COc1c(F)c(F)cc(F)c1F. The Morgan fingerprint density at radius 1 is 1.00 bits per heavy atom. The predicted octanol–water partition coefficient (Wildman–Crippen LogP) is 2.71. The highest BCUT2D eigenvalue weighted by Gasteiger charge is 2.37. The molecular formula is C25H32F4N2O6. The first kappa shape index (κ1) is 28.7. The molecule has 2 fully saturated rings. The Bertz CT molecular complexity index is 970. The molecule has 2 aliphatic rings. The molecule has 1 unspecified atom stereocenters. The summed E-state index contributed by atoms with van der Waals surface area (Å²) < 4.78 is 64.7. The van der Waals surface area contributed by atoms with E-state index in [2.05, 4.69) is 5.32 Å². The van der Waals surface area contributed by atoms with Crippen LogP contribution in [0.5, 0.6) is 5.75 Å². The molecule has 2 amide bonds. The topological polar surface area (TPSA) is 105 Å². The molecule has 1 saturated carbocycles. The van der Waals surface area contributed by atoms with Crippen LogP contribution in [0.1, 0.15) is 46.0 Å². The smallest absolute Gasteiger partial charge is 0.307 e. The molecule has 8 nitrogen and oxygen atoms in total. The van der Waals surface area contributed by atoms with Crippen molar-refractivity contribution in [1.29, 1.82) is 0 Å². The molecule has 1 aliphatic heterocycles. The lowest BCUT2D eigenvalue weighted by atomic mass is 9.94. The van der Waals surface area contributed by atoms with Crippen molar-refractivity contribution in [2.45, 2.75) is 58.1 Å². The van der Waals surface area contributed by atoms with Crippen molar-refractivity contribution >= 4 is 17.8 Å². The minimum Gasteiger partial charge on any atom is -0.485 e. The van der Waals surface area contributed by atoms with Crippen LogP contribution in [0, 0.1) is 41.0 Å².